The Kier molecular flexibility index (Phi) is 2.22. The molecule has 0 aliphatic carbocycles. The number of hydrogen-bond donors (Lipinski definition) is 0. The van der Waals surface area contributed by atoms with E-state index in [-0.39, 0.29) is 0 Å². The molecule has 0 amide bonds. The summed E-state index contributed by atoms with van der Waals surface area (Å²) in [6.45, 7) is 6.49. The lowest BCUT2D eigenvalue weighted by Gasteiger charge is -2.03. The molecule has 2 aromatic carbocycles. The Hall–Kier alpha value is -1.76. The van der Waals surface area contributed by atoms with Crippen molar-refractivity contribution < 1.29 is 4.42 Å². The van der Waals surface area contributed by atoms with E-state index in [4.69, 9.17) is 4.42 Å². The Labute approximate surface area is 101 Å². The predicted molar refractivity (Wildman–Crippen MR) is 72.5 cm³/mol. The van der Waals surface area contributed by atoms with E-state index < -0.39 is 0 Å². The highest BCUT2D eigenvalue weighted by molar-refractivity contribution is 6.05. The van der Waals surface area contributed by atoms with E-state index in [0.717, 1.165) is 11.2 Å². The molecule has 0 aliphatic heterocycles. The maximum atomic E-state index is 5.92. The summed E-state index contributed by atoms with van der Waals surface area (Å²) in [6, 6.07) is 12.9. The van der Waals surface area contributed by atoms with Crippen LogP contribution in [0.25, 0.3) is 21.9 Å². The van der Waals surface area contributed by atoms with Gasteiger partial charge in [-0.05, 0) is 36.1 Å². The molecule has 0 atom stereocenters. The number of rotatable bonds is 1. The van der Waals surface area contributed by atoms with Gasteiger partial charge in [0.2, 0.25) is 0 Å². The van der Waals surface area contributed by atoms with Crippen molar-refractivity contribution in [2.24, 2.45) is 0 Å². The Morgan fingerprint density at radius 2 is 1.53 bits per heavy atom. The highest BCUT2D eigenvalue weighted by atomic mass is 16.3. The second-order valence-electron chi connectivity index (χ2n) is 5.01. The van der Waals surface area contributed by atoms with E-state index in [9.17, 15) is 0 Å². The summed E-state index contributed by atoms with van der Waals surface area (Å²) in [7, 11) is 0. The lowest BCUT2D eigenvalue weighted by Crippen LogP contribution is -1.84. The molecule has 0 bridgehead atoms. The average Bonchev–Trinajstić information content (AvgIpc) is 2.64. The standard InChI is InChI=1S/C16H16O/c1-10(2)12-5-7-14-13-6-4-11(3)8-15(13)17-16(14)9-12/h4-10H,1-3H3. The van der Waals surface area contributed by atoms with E-state index >= 15 is 0 Å². The zero-order valence-corrected chi connectivity index (χ0v) is 10.4. The summed E-state index contributed by atoms with van der Waals surface area (Å²) in [5, 5.41) is 2.42. The Bertz CT molecular complexity index is 689. The summed E-state index contributed by atoms with van der Waals surface area (Å²) in [4.78, 5) is 0. The summed E-state index contributed by atoms with van der Waals surface area (Å²) >= 11 is 0. The van der Waals surface area contributed by atoms with Gasteiger partial charge in [0.05, 0.1) is 0 Å². The fourth-order valence-corrected chi connectivity index (χ4v) is 2.26. The second kappa shape index (κ2) is 3.63. The van der Waals surface area contributed by atoms with Crippen molar-refractivity contribution in [3.8, 4) is 0 Å². The minimum Gasteiger partial charge on any atom is -0.456 e. The molecular weight excluding hydrogens is 208 g/mol. The Morgan fingerprint density at radius 3 is 2.24 bits per heavy atom. The fourth-order valence-electron chi connectivity index (χ4n) is 2.26. The molecular formula is C16H16O. The first-order valence-corrected chi connectivity index (χ1v) is 6.08. The van der Waals surface area contributed by atoms with Crippen LogP contribution < -0.4 is 0 Å². The van der Waals surface area contributed by atoms with Crippen molar-refractivity contribution in [1.82, 2.24) is 0 Å². The molecule has 1 heteroatoms. The van der Waals surface area contributed by atoms with Crippen LogP contribution in [0.2, 0.25) is 0 Å². The molecule has 1 aromatic heterocycles. The molecule has 0 saturated carbocycles. The fraction of sp³-hybridized carbons (Fsp3) is 0.250. The van der Waals surface area contributed by atoms with Crippen molar-refractivity contribution >= 4 is 21.9 Å². The quantitative estimate of drug-likeness (QED) is 0.565. The Balaban J connectivity index is 2.35. The van der Waals surface area contributed by atoms with Gasteiger partial charge in [-0.25, -0.2) is 0 Å². The van der Waals surface area contributed by atoms with Crippen LogP contribution in [0.4, 0.5) is 0 Å². The van der Waals surface area contributed by atoms with Crippen LogP contribution in [0.5, 0.6) is 0 Å². The van der Waals surface area contributed by atoms with E-state index in [0.29, 0.717) is 5.92 Å². The number of furan rings is 1. The first-order chi connectivity index (χ1) is 8.15. The van der Waals surface area contributed by atoms with Gasteiger partial charge in [-0.1, -0.05) is 38.1 Å². The van der Waals surface area contributed by atoms with Gasteiger partial charge in [-0.15, -0.1) is 0 Å². The topological polar surface area (TPSA) is 13.1 Å². The van der Waals surface area contributed by atoms with E-state index in [1.165, 1.54) is 21.9 Å². The zero-order valence-electron chi connectivity index (χ0n) is 10.4. The molecule has 1 nitrogen and oxygen atoms in total. The van der Waals surface area contributed by atoms with Crippen LogP contribution in [0.15, 0.2) is 40.8 Å². The lowest BCUT2D eigenvalue weighted by molar-refractivity contribution is 0.667. The third kappa shape index (κ3) is 1.62. The first-order valence-electron chi connectivity index (χ1n) is 6.08. The van der Waals surface area contributed by atoms with Crippen LogP contribution in [-0.4, -0.2) is 0 Å². The lowest BCUT2D eigenvalue weighted by atomic mass is 10.0. The first kappa shape index (κ1) is 10.4. The van der Waals surface area contributed by atoms with Gasteiger partial charge in [-0.2, -0.15) is 0 Å². The SMILES string of the molecule is Cc1ccc2c(c1)oc1cc(C(C)C)ccc12. The molecule has 0 saturated heterocycles. The van der Waals surface area contributed by atoms with Gasteiger partial charge in [-0.3, -0.25) is 0 Å². The maximum absolute atomic E-state index is 5.92. The van der Waals surface area contributed by atoms with Crippen LogP contribution >= 0.6 is 0 Å². The van der Waals surface area contributed by atoms with Gasteiger partial charge in [0, 0.05) is 10.8 Å². The Morgan fingerprint density at radius 1 is 0.882 bits per heavy atom. The van der Waals surface area contributed by atoms with Crippen molar-refractivity contribution in [3.63, 3.8) is 0 Å². The normalized spacial score (nSPS) is 11.8. The molecule has 3 rings (SSSR count). The van der Waals surface area contributed by atoms with Crippen LogP contribution in [-0.2, 0) is 0 Å². The van der Waals surface area contributed by atoms with Gasteiger partial charge >= 0.3 is 0 Å². The van der Waals surface area contributed by atoms with Crippen molar-refractivity contribution in [3.05, 3.63) is 47.5 Å². The van der Waals surface area contributed by atoms with Gasteiger partial charge in [0.25, 0.3) is 0 Å². The minimum absolute atomic E-state index is 0.536. The minimum atomic E-state index is 0.536. The van der Waals surface area contributed by atoms with Crippen LogP contribution in [0.1, 0.15) is 30.9 Å². The van der Waals surface area contributed by atoms with Gasteiger partial charge < -0.3 is 4.42 Å². The largest absolute Gasteiger partial charge is 0.456 e. The summed E-state index contributed by atoms with van der Waals surface area (Å²) < 4.78 is 5.92. The molecule has 0 fully saturated rings. The monoisotopic (exact) mass is 224 g/mol. The van der Waals surface area contributed by atoms with Crippen LogP contribution in [0.3, 0.4) is 0 Å². The molecule has 3 aromatic rings. The second-order valence-corrected chi connectivity index (χ2v) is 5.01. The van der Waals surface area contributed by atoms with Gasteiger partial charge in [0.15, 0.2) is 0 Å². The van der Waals surface area contributed by atoms with Crippen molar-refractivity contribution in [2.75, 3.05) is 0 Å². The smallest absolute Gasteiger partial charge is 0.135 e. The summed E-state index contributed by atoms with van der Waals surface area (Å²) in [5.41, 5.74) is 4.55. The number of benzene rings is 2. The zero-order chi connectivity index (χ0) is 12.0. The van der Waals surface area contributed by atoms with E-state index in [1.54, 1.807) is 0 Å². The molecule has 0 radical (unpaired) electrons. The van der Waals surface area contributed by atoms with E-state index in [2.05, 4.69) is 57.2 Å². The molecule has 0 spiro atoms. The highest BCUT2D eigenvalue weighted by Gasteiger charge is 2.08. The maximum Gasteiger partial charge on any atom is 0.135 e. The highest BCUT2D eigenvalue weighted by Crippen LogP contribution is 2.31. The third-order valence-corrected chi connectivity index (χ3v) is 3.32. The predicted octanol–water partition coefficient (Wildman–Crippen LogP) is 5.02. The van der Waals surface area contributed by atoms with Crippen molar-refractivity contribution in [2.45, 2.75) is 26.7 Å². The number of aryl methyl sites for hydroxylation is 1. The summed E-state index contributed by atoms with van der Waals surface area (Å²) in [5.74, 6) is 0.536. The number of fused-ring (bicyclic) bond motifs is 3. The van der Waals surface area contributed by atoms with E-state index in [1.807, 2.05) is 0 Å². The number of hydrogen-bond acceptors (Lipinski definition) is 1. The molecule has 86 valence electrons. The molecule has 0 unspecified atom stereocenters. The molecule has 0 aliphatic rings. The molecule has 17 heavy (non-hydrogen) atoms. The van der Waals surface area contributed by atoms with Crippen molar-refractivity contribution in [1.29, 1.82) is 0 Å². The molecule has 1 heterocycles. The molecule has 0 N–H and O–H groups in total. The average molecular weight is 224 g/mol. The van der Waals surface area contributed by atoms with Gasteiger partial charge in [0.1, 0.15) is 11.2 Å². The summed E-state index contributed by atoms with van der Waals surface area (Å²) in [6.07, 6.45) is 0. The third-order valence-electron chi connectivity index (χ3n) is 3.32. The van der Waals surface area contributed by atoms with Crippen LogP contribution in [0, 0.1) is 6.92 Å².